The van der Waals surface area contributed by atoms with Gasteiger partial charge in [-0.25, -0.2) is 0 Å². The van der Waals surface area contributed by atoms with Crippen molar-refractivity contribution in [3.8, 4) is 5.75 Å². The lowest BCUT2D eigenvalue weighted by atomic mass is 10.1. The van der Waals surface area contributed by atoms with Gasteiger partial charge in [0.15, 0.2) is 0 Å². The highest BCUT2D eigenvalue weighted by molar-refractivity contribution is 5.28. The minimum atomic E-state index is 0.405. The summed E-state index contributed by atoms with van der Waals surface area (Å²) in [5.74, 6) is 0.922. The predicted molar refractivity (Wildman–Crippen MR) is 84.3 cm³/mol. The zero-order valence-corrected chi connectivity index (χ0v) is 12.9. The Morgan fingerprint density at radius 2 is 1.85 bits per heavy atom. The van der Waals surface area contributed by atoms with E-state index in [1.54, 1.807) is 7.11 Å². The molecule has 0 radical (unpaired) electrons. The van der Waals surface area contributed by atoms with Crippen LogP contribution >= 0.6 is 0 Å². The molecule has 1 fully saturated rings. The standard InChI is InChI=1S/C17H28N2O/c1-15(16-7-9-17(20-2)10-8-16)18-11-6-14-19-12-4-3-5-13-19/h7-10,15,18H,3-6,11-14H2,1-2H3. The molecule has 0 aliphatic carbocycles. The summed E-state index contributed by atoms with van der Waals surface area (Å²) in [6.45, 7) is 7.15. The van der Waals surface area contributed by atoms with Gasteiger partial charge in [-0.2, -0.15) is 0 Å². The quantitative estimate of drug-likeness (QED) is 0.774. The van der Waals surface area contributed by atoms with E-state index in [4.69, 9.17) is 4.74 Å². The Morgan fingerprint density at radius 1 is 1.15 bits per heavy atom. The van der Waals surface area contributed by atoms with Crippen LogP contribution in [0.1, 0.15) is 44.2 Å². The van der Waals surface area contributed by atoms with Crippen molar-refractivity contribution in [2.24, 2.45) is 0 Å². The third kappa shape index (κ3) is 4.80. The van der Waals surface area contributed by atoms with Crippen molar-refractivity contribution < 1.29 is 4.74 Å². The van der Waals surface area contributed by atoms with E-state index in [1.807, 2.05) is 12.1 Å². The fraction of sp³-hybridized carbons (Fsp3) is 0.647. The molecule has 0 amide bonds. The average molecular weight is 276 g/mol. The van der Waals surface area contributed by atoms with Crippen LogP contribution in [0.3, 0.4) is 0 Å². The maximum atomic E-state index is 5.19. The van der Waals surface area contributed by atoms with E-state index >= 15 is 0 Å². The van der Waals surface area contributed by atoms with Crippen molar-refractivity contribution in [1.82, 2.24) is 10.2 Å². The summed E-state index contributed by atoms with van der Waals surface area (Å²) in [6, 6.07) is 8.74. The molecule has 1 unspecified atom stereocenters. The molecule has 20 heavy (non-hydrogen) atoms. The SMILES string of the molecule is COc1ccc(C(C)NCCCN2CCCCC2)cc1. The summed E-state index contributed by atoms with van der Waals surface area (Å²) in [5.41, 5.74) is 1.32. The lowest BCUT2D eigenvalue weighted by Gasteiger charge is -2.26. The summed E-state index contributed by atoms with van der Waals surface area (Å²) in [4.78, 5) is 2.60. The molecule has 1 aromatic rings. The van der Waals surface area contributed by atoms with Crippen molar-refractivity contribution in [2.45, 2.75) is 38.6 Å². The van der Waals surface area contributed by atoms with Crippen molar-refractivity contribution in [3.05, 3.63) is 29.8 Å². The molecule has 0 bridgehead atoms. The largest absolute Gasteiger partial charge is 0.497 e. The Hall–Kier alpha value is -1.06. The topological polar surface area (TPSA) is 24.5 Å². The number of likely N-dealkylation sites (tertiary alicyclic amines) is 1. The summed E-state index contributed by atoms with van der Waals surface area (Å²) in [5, 5.41) is 3.61. The first-order valence-electron chi connectivity index (χ1n) is 7.89. The van der Waals surface area contributed by atoms with Crippen molar-refractivity contribution in [2.75, 3.05) is 33.3 Å². The van der Waals surface area contributed by atoms with Crippen LogP contribution in [-0.4, -0.2) is 38.2 Å². The number of ether oxygens (including phenoxy) is 1. The molecule has 3 heteroatoms. The van der Waals surface area contributed by atoms with E-state index < -0.39 is 0 Å². The molecule has 0 spiro atoms. The highest BCUT2D eigenvalue weighted by Crippen LogP contribution is 2.17. The number of piperidine rings is 1. The number of hydrogen-bond donors (Lipinski definition) is 1. The second-order valence-electron chi connectivity index (χ2n) is 5.70. The van der Waals surface area contributed by atoms with Gasteiger partial charge in [-0.1, -0.05) is 18.6 Å². The Kier molecular flexibility index (Phi) is 6.34. The Bertz CT molecular complexity index is 371. The van der Waals surface area contributed by atoms with Gasteiger partial charge in [0.25, 0.3) is 0 Å². The van der Waals surface area contributed by atoms with Crippen molar-refractivity contribution in [3.63, 3.8) is 0 Å². The smallest absolute Gasteiger partial charge is 0.118 e. The Balaban J connectivity index is 1.64. The van der Waals surface area contributed by atoms with E-state index in [1.165, 1.54) is 50.9 Å². The van der Waals surface area contributed by atoms with Gasteiger partial charge in [-0.3, -0.25) is 0 Å². The highest BCUT2D eigenvalue weighted by atomic mass is 16.5. The van der Waals surface area contributed by atoms with E-state index in [2.05, 4.69) is 29.3 Å². The fourth-order valence-corrected chi connectivity index (χ4v) is 2.81. The van der Waals surface area contributed by atoms with Gasteiger partial charge < -0.3 is 15.0 Å². The summed E-state index contributed by atoms with van der Waals surface area (Å²) < 4.78 is 5.19. The molecule has 1 aliphatic rings. The monoisotopic (exact) mass is 276 g/mol. The van der Waals surface area contributed by atoms with Gasteiger partial charge in [0.05, 0.1) is 7.11 Å². The Morgan fingerprint density at radius 3 is 2.50 bits per heavy atom. The number of rotatable bonds is 7. The van der Waals surface area contributed by atoms with Crippen LogP contribution in [0.15, 0.2) is 24.3 Å². The number of nitrogens with zero attached hydrogens (tertiary/aromatic N) is 1. The van der Waals surface area contributed by atoms with Crippen LogP contribution in [-0.2, 0) is 0 Å². The van der Waals surface area contributed by atoms with Crippen LogP contribution in [0.25, 0.3) is 0 Å². The van der Waals surface area contributed by atoms with Crippen LogP contribution in [0, 0.1) is 0 Å². The van der Waals surface area contributed by atoms with Crippen LogP contribution in [0.5, 0.6) is 5.75 Å². The summed E-state index contributed by atoms with van der Waals surface area (Å²) in [6.07, 6.45) is 5.43. The molecule has 1 aliphatic heterocycles. The number of methoxy groups -OCH3 is 1. The van der Waals surface area contributed by atoms with E-state index in [0.29, 0.717) is 6.04 Å². The first-order valence-corrected chi connectivity index (χ1v) is 7.89. The van der Waals surface area contributed by atoms with Crippen LogP contribution in [0.4, 0.5) is 0 Å². The minimum Gasteiger partial charge on any atom is -0.497 e. The van der Waals surface area contributed by atoms with Gasteiger partial charge in [0, 0.05) is 6.04 Å². The first kappa shape index (κ1) is 15.3. The fourth-order valence-electron chi connectivity index (χ4n) is 2.81. The lowest BCUT2D eigenvalue weighted by Crippen LogP contribution is -2.32. The molecule has 0 saturated carbocycles. The van der Waals surface area contributed by atoms with Gasteiger partial charge in [0.1, 0.15) is 5.75 Å². The molecule has 3 nitrogen and oxygen atoms in total. The number of benzene rings is 1. The minimum absolute atomic E-state index is 0.405. The molecule has 112 valence electrons. The third-order valence-corrected chi connectivity index (χ3v) is 4.17. The molecule has 0 aromatic heterocycles. The van der Waals surface area contributed by atoms with Gasteiger partial charge in [-0.15, -0.1) is 0 Å². The second kappa shape index (κ2) is 8.28. The molecule has 1 atom stereocenters. The molecule has 1 saturated heterocycles. The molecule has 1 heterocycles. The zero-order valence-electron chi connectivity index (χ0n) is 12.9. The Labute approximate surface area is 123 Å². The highest BCUT2D eigenvalue weighted by Gasteiger charge is 2.09. The lowest BCUT2D eigenvalue weighted by molar-refractivity contribution is 0.225. The maximum absolute atomic E-state index is 5.19. The molecular weight excluding hydrogens is 248 g/mol. The predicted octanol–water partition coefficient (Wildman–Crippen LogP) is 3.22. The van der Waals surface area contributed by atoms with Crippen LogP contribution < -0.4 is 10.1 Å². The van der Waals surface area contributed by atoms with E-state index in [0.717, 1.165) is 12.3 Å². The zero-order chi connectivity index (χ0) is 14.2. The van der Waals surface area contributed by atoms with Crippen LogP contribution in [0.2, 0.25) is 0 Å². The van der Waals surface area contributed by atoms with E-state index in [-0.39, 0.29) is 0 Å². The van der Waals surface area contributed by atoms with Gasteiger partial charge in [0.2, 0.25) is 0 Å². The van der Waals surface area contributed by atoms with Crippen molar-refractivity contribution in [1.29, 1.82) is 0 Å². The van der Waals surface area contributed by atoms with Gasteiger partial charge >= 0.3 is 0 Å². The third-order valence-electron chi connectivity index (χ3n) is 4.17. The molecular formula is C17H28N2O. The second-order valence-corrected chi connectivity index (χ2v) is 5.70. The molecule has 1 aromatic carbocycles. The molecule has 2 rings (SSSR count). The average Bonchev–Trinajstić information content (AvgIpc) is 2.52. The summed E-state index contributed by atoms with van der Waals surface area (Å²) >= 11 is 0. The normalized spacial score (nSPS) is 17.9. The maximum Gasteiger partial charge on any atom is 0.118 e. The number of hydrogen-bond acceptors (Lipinski definition) is 3. The first-order chi connectivity index (χ1) is 9.79. The summed E-state index contributed by atoms with van der Waals surface area (Å²) in [7, 11) is 1.71. The molecule has 1 N–H and O–H groups in total. The van der Waals surface area contributed by atoms with Crippen molar-refractivity contribution >= 4 is 0 Å². The van der Waals surface area contributed by atoms with E-state index in [9.17, 15) is 0 Å². The number of nitrogens with one attached hydrogen (secondary N) is 1. The van der Waals surface area contributed by atoms with Gasteiger partial charge in [-0.05, 0) is 70.1 Å².